The Hall–Kier alpha value is -1.43. The fraction of sp³-hybridized carbons (Fsp3) is 0.417. The van der Waals surface area contributed by atoms with Gasteiger partial charge < -0.3 is 10.2 Å². The van der Waals surface area contributed by atoms with Gasteiger partial charge in [-0.05, 0) is 40.9 Å². The number of amides is 2. The summed E-state index contributed by atoms with van der Waals surface area (Å²) in [5, 5.41) is 2.59. The van der Waals surface area contributed by atoms with E-state index in [1.807, 2.05) is 0 Å². The number of carbonyl (C=O) groups is 2. The molecule has 0 spiro atoms. The molecule has 0 radical (unpaired) electrons. The molecule has 0 saturated carbocycles. The summed E-state index contributed by atoms with van der Waals surface area (Å²) in [6, 6.07) is 3.47. The number of hydrogen-bond donors (Lipinski definition) is 1. The second-order valence-electron chi connectivity index (χ2n) is 4.10. The molecule has 0 aliphatic carbocycles. The third-order valence-electron chi connectivity index (χ3n) is 2.83. The Morgan fingerprint density at radius 3 is 2.78 bits per heavy atom. The van der Waals surface area contributed by atoms with Crippen LogP contribution in [0.15, 0.2) is 22.8 Å². The fourth-order valence-electron chi connectivity index (χ4n) is 1.87. The summed E-state index contributed by atoms with van der Waals surface area (Å²) in [5.74, 6) is -0.372. The number of rotatable bonds is 3. The van der Waals surface area contributed by atoms with Gasteiger partial charge in [-0.25, -0.2) is 4.98 Å². The summed E-state index contributed by atoms with van der Waals surface area (Å²) < 4.78 is 0.621. The van der Waals surface area contributed by atoms with Gasteiger partial charge in [0.2, 0.25) is 5.91 Å². The van der Waals surface area contributed by atoms with Crippen LogP contribution in [0.5, 0.6) is 0 Å². The van der Waals surface area contributed by atoms with E-state index >= 15 is 0 Å². The molecule has 1 aliphatic heterocycles. The van der Waals surface area contributed by atoms with E-state index in [4.69, 9.17) is 0 Å². The van der Waals surface area contributed by atoms with E-state index in [0.29, 0.717) is 10.2 Å². The van der Waals surface area contributed by atoms with Crippen molar-refractivity contribution < 1.29 is 9.59 Å². The summed E-state index contributed by atoms with van der Waals surface area (Å²) in [4.78, 5) is 29.3. The van der Waals surface area contributed by atoms with Crippen molar-refractivity contribution in [2.75, 3.05) is 19.6 Å². The molecular weight excluding hydrogens is 298 g/mol. The van der Waals surface area contributed by atoms with E-state index in [1.54, 1.807) is 23.2 Å². The van der Waals surface area contributed by atoms with E-state index in [0.717, 1.165) is 25.9 Å². The van der Waals surface area contributed by atoms with Gasteiger partial charge in [-0.15, -0.1) is 0 Å². The average molecular weight is 312 g/mol. The minimum absolute atomic E-state index is 0.0296. The highest BCUT2D eigenvalue weighted by Crippen LogP contribution is 2.12. The normalized spacial score (nSPS) is 14.6. The first-order chi connectivity index (χ1) is 8.68. The van der Waals surface area contributed by atoms with Crippen LogP contribution in [0.3, 0.4) is 0 Å². The second-order valence-corrected chi connectivity index (χ2v) is 4.96. The Morgan fingerprint density at radius 2 is 2.11 bits per heavy atom. The first kappa shape index (κ1) is 13.0. The number of nitrogens with zero attached hydrogens (tertiary/aromatic N) is 2. The largest absolute Gasteiger partial charge is 0.342 e. The third kappa shape index (κ3) is 3.07. The lowest BCUT2D eigenvalue weighted by molar-refractivity contribution is -0.129. The third-order valence-corrected chi connectivity index (χ3v) is 3.47. The van der Waals surface area contributed by atoms with Crippen LogP contribution in [-0.2, 0) is 4.79 Å². The Bertz CT molecular complexity index is 458. The number of hydrogen-bond acceptors (Lipinski definition) is 3. The van der Waals surface area contributed by atoms with Crippen LogP contribution in [0.25, 0.3) is 0 Å². The molecule has 96 valence electrons. The molecule has 1 aromatic rings. The molecular formula is C12H14BrN3O2. The van der Waals surface area contributed by atoms with E-state index in [9.17, 15) is 9.59 Å². The number of carbonyl (C=O) groups excluding carboxylic acids is 2. The van der Waals surface area contributed by atoms with Gasteiger partial charge in [0.15, 0.2) is 0 Å². The Balaban J connectivity index is 1.88. The quantitative estimate of drug-likeness (QED) is 0.912. The van der Waals surface area contributed by atoms with Crippen LogP contribution >= 0.6 is 15.9 Å². The van der Waals surface area contributed by atoms with Crippen molar-refractivity contribution in [1.82, 2.24) is 15.2 Å². The first-order valence-electron chi connectivity index (χ1n) is 5.85. The lowest BCUT2D eigenvalue weighted by atomic mass is 10.3. The van der Waals surface area contributed by atoms with Gasteiger partial charge in [-0.2, -0.15) is 0 Å². The summed E-state index contributed by atoms with van der Waals surface area (Å²) >= 11 is 3.25. The van der Waals surface area contributed by atoms with Crippen molar-refractivity contribution in [2.24, 2.45) is 0 Å². The Kier molecular flexibility index (Phi) is 4.30. The van der Waals surface area contributed by atoms with Crippen LogP contribution in [0.2, 0.25) is 0 Å². The lowest BCUT2D eigenvalue weighted by Gasteiger charge is -2.15. The lowest BCUT2D eigenvalue weighted by Crippen LogP contribution is -2.38. The monoisotopic (exact) mass is 311 g/mol. The van der Waals surface area contributed by atoms with Crippen molar-refractivity contribution in [3.05, 3.63) is 28.5 Å². The Labute approximate surface area is 114 Å². The number of nitrogens with one attached hydrogen (secondary N) is 1. The molecule has 0 atom stereocenters. The molecule has 1 saturated heterocycles. The number of likely N-dealkylation sites (tertiary alicyclic amines) is 1. The van der Waals surface area contributed by atoms with Crippen LogP contribution in [0.4, 0.5) is 0 Å². The average Bonchev–Trinajstić information content (AvgIpc) is 2.90. The summed E-state index contributed by atoms with van der Waals surface area (Å²) in [5.41, 5.74) is 0.298. The zero-order valence-corrected chi connectivity index (χ0v) is 11.4. The molecule has 1 aliphatic rings. The molecule has 5 nitrogen and oxygen atoms in total. The minimum Gasteiger partial charge on any atom is -0.342 e. The highest BCUT2D eigenvalue weighted by molar-refractivity contribution is 9.10. The molecule has 2 heterocycles. The topological polar surface area (TPSA) is 62.3 Å². The first-order valence-corrected chi connectivity index (χ1v) is 6.64. The van der Waals surface area contributed by atoms with Gasteiger partial charge in [0.25, 0.3) is 5.91 Å². The smallest absolute Gasteiger partial charge is 0.271 e. The zero-order chi connectivity index (χ0) is 13.0. The van der Waals surface area contributed by atoms with Gasteiger partial charge in [-0.1, -0.05) is 0 Å². The Morgan fingerprint density at radius 1 is 1.39 bits per heavy atom. The van der Waals surface area contributed by atoms with Crippen LogP contribution in [-0.4, -0.2) is 41.3 Å². The molecule has 18 heavy (non-hydrogen) atoms. The molecule has 0 bridgehead atoms. The second kappa shape index (κ2) is 5.95. The highest BCUT2D eigenvalue weighted by atomic mass is 79.9. The molecule has 1 fully saturated rings. The molecule has 1 aromatic heterocycles. The minimum atomic E-state index is -0.338. The van der Waals surface area contributed by atoms with E-state index in [-0.39, 0.29) is 18.4 Å². The number of halogens is 1. The van der Waals surface area contributed by atoms with Crippen molar-refractivity contribution >= 4 is 27.7 Å². The van der Waals surface area contributed by atoms with E-state index in [2.05, 4.69) is 26.2 Å². The van der Waals surface area contributed by atoms with E-state index in [1.165, 1.54) is 0 Å². The molecule has 0 aromatic carbocycles. The maximum absolute atomic E-state index is 11.8. The number of aromatic nitrogens is 1. The summed E-state index contributed by atoms with van der Waals surface area (Å²) in [7, 11) is 0. The molecule has 2 rings (SSSR count). The molecule has 2 amide bonds. The highest BCUT2D eigenvalue weighted by Gasteiger charge is 2.19. The van der Waals surface area contributed by atoms with Crippen LogP contribution < -0.4 is 5.32 Å². The summed E-state index contributed by atoms with van der Waals surface area (Å²) in [6.45, 7) is 1.62. The van der Waals surface area contributed by atoms with Gasteiger partial charge >= 0.3 is 0 Å². The van der Waals surface area contributed by atoms with Crippen LogP contribution in [0.1, 0.15) is 23.3 Å². The molecule has 1 N–H and O–H groups in total. The van der Waals surface area contributed by atoms with Gasteiger partial charge in [0.05, 0.1) is 6.54 Å². The van der Waals surface area contributed by atoms with E-state index < -0.39 is 0 Å². The van der Waals surface area contributed by atoms with Crippen LogP contribution in [0, 0.1) is 0 Å². The van der Waals surface area contributed by atoms with Gasteiger partial charge in [0, 0.05) is 23.8 Å². The SMILES string of the molecule is O=C(NCC(=O)N1CCCC1)c1ncccc1Br. The molecule has 0 unspecified atom stereocenters. The maximum atomic E-state index is 11.8. The van der Waals surface area contributed by atoms with Gasteiger partial charge in [-0.3, -0.25) is 9.59 Å². The maximum Gasteiger partial charge on any atom is 0.271 e. The number of pyridine rings is 1. The van der Waals surface area contributed by atoms with Crippen molar-refractivity contribution in [3.8, 4) is 0 Å². The van der Waals surface area contributed by atoms with Crippen molar-refractivity contribution in [2.45, 2.75) is 12.8 Å². The molecule has 6 heteroatoms. The van der Waals surface area contributed by atoms with Crippen molar-refractivity contribution in [1.29, 1.82) is 0 Å². The van der Waals surface area contributed by atoms with Crippen molar-refractivity contribution in [3.63, 3.8) is 0 Å². The predicted molar refractivity (Wildman–Crippen MR) is 70.1 cm³/mol. The van der Waals surface area contributed by atoms with Gasteiger partial charge in [0.1, 0.15) is 5.69 Å². The zero-order valence-electron chi connectivity index (χ0n) is 9.86. The predicted octanol–water partition coefficient (Wildman–Crippen LogP) is 1.20. The summed E-state index contributed by atoms with van der Waals surface area (Å²) in [6.07, 6.45) is 3.64. The standard InChI is InChI=1S/C12H14BrN3O2/c13-9-4-3-5-14-11(9)12(18)15-8-10(17)16-6-1-2-7-16/h3-5H,1-2,6-8H2,(H,15,18). The fourth-order valence-corrected chi connectivity index (χ4v) is 2.31.